The van der Waals surface area contributed by atoms with E-state index in [4.69, 9.17) is 0 Å². The summed E-state index contributed by atoms with van der Waals surface area (Å²) in [6.45, 7) is 7.70. The molecule has 4 unspecified atom stereocenters. The number of carbonyl (C=O) groups excluding carboxylic acids is 1. The van der Waals surface area contributed by atoms with Crippen molar-refractivity contribution in [3.63, 3.8) is 0 Å². The van der Waals surface area contributed by atoms with Crippen molar-refractivity contribution in [2.24, 2.45) is 0 Å². The Labute approximate surface area is 128 Å². The Bertz CT molecular complexity index is 491. The quantitative estimate of drug-likeness (QED) is 0.800. The van der Waals surface area contributed by atoms with Crippen molar-refractivity contribution in [1.29, 1.82) is 0 Å². The van der Waals surface area contributed by atoms with Crippen LogP contribution in [0.2, 0.25) is 0 Å². The van der Waals surface area contributed by atoms with E-state index in [0.717, 1.165) is 25.7 Å². The summed E-state index contributed by atoms with van der Waals surface area (Å²) in [7, 11) is -3.27. The first kappa shape index (κ1) is 16.7. The van der Waals surface area contributed by atoms with Gasteiger partial charge in [0, 0.05) is 31.6 Å². The van der Waals surface area contributed by atoms with Gasteiger partial charge in [0.05, 0.1) is 5.25 Å². The minimum atomic E-state index is -3.27. The third kappa shape index (κ3) is 2.97. The van der Waals surface area contributed by atoms with Gasteiger partial charge in [0.15, 0.2) is 0 Å². The van der Waals surface area contributed by atoms with Gasteiger partial charge in [-0.05, 0) is 33.1 Å². The average molecular weight is 316 g/mol. The molecule has 6 heteroatoms. The second kappa shape index (κ2) is 6.24. The number of hydrogen-bond donors (Lipinski definition) is 0. The van der Waals surface area contributed by atoms with Gasteiger partial charge in [-0.25, -0.2) is 8.42 Å². The summed E-state index contributed by atoms with van der Waals surface area (Å²) in [5.74, 6) is 0.0694. The van der Waals surface area contributed by atoms with Crippen molar-refractivity contribution >= 4 is 15.9 Å². The predicted molar refractivity (Wildman–Crippen MR) is 83.4 cm³/mol. The van der Waals surface area contributed by atoms with Crippen LogP contribution < -0.4 is 0 Å². The highest BCUT2D eigenvalue weighted by molar-refractivity contribution is 7.89. The number of sulfonamides is 1. The summed E-state index contributed by atoms with van der Waals surface area (Å²) in [6, 6.07) is -0.0163. The molecule has 1 heterocycles. The molecule has 5 nitrogen and oxygen atoms in total. The van der Waals surface area contributed by atoms with Gasteiger partial charge in [-0.15, -0.1) is 0 Å². The molecule has 21 heavy (non-hydrogen) atoms. The lowest BCUT2D eigenvalue weighted by atomic mass is 9.86. The highest BCUT2D eigenvalue weighted by Crippen LogP contribution is 2.35. The molecule has 0 radical (unpaired) electrons. The van der Waals surface area contributed by atoms with Gasteiger partial charge in [0.25, 0.3) is 0 Å². The van der Waals surface area contributed by atoms with Crippen molar-refractivity contribution in [3.05, 3.63) is 0 Å². The van der Waals surface area contributed by atoms with E-state index in [0.29, 0.717) is 13.0 Å². The van der Waals surface area contributed by atoms with Crippen molar-refractivity contribution in [2.45, 2.75) is 83.2 Å². The van der Waals surface area contributed by atoms with Crippen molar-refractivity contribution in [1.82, 2.24) is 9.21 Å². The Morgan fingerprint density at radius 1 is 1.24 bits per heavy atom. The number of fused-ring (bicyclic) bond motifs is 1. The van der Waals surface area contributed by atoms with E-state index in [9.17, 15) is 13.2 Å². The molecule has 2 aliphatic rings. The van der Waals surface area contributed by atoms with E-state index < -0.39 is 10.0 Å². The first-order chi connectivity index (χ1) is 9.80. The monoisotopic (exact) mass is 316 g/mol. The highest BCUT2D eigenvalue weighted by Gasteiger charge is 2.47. The predicted octanol–water partition coefficient (Wildman–Crippen LogP) is 1.98. The molecule has 0 spiro atoms. The second-order valence-corrected chi connectivity index (χ2v) is 8.83. The van der Waals surface area contributed by atoms with Gasteiger partial charge in [-0.2, -0.15) is 4.31 Å². The number of rotatable bonds is 3. The summed E-state index contributed by atoms with van der Waals surface area (Å²) in [4.78, 5) is 13.9. The van der Waals surface area contributed by atoms with Gasteiger partial charge in [0.2, 0.25) is 15.9 Å². The molecule has 0 aromatic heterocycles. The number of carbonyl (C=O) groups is 1. The molecule has 1 aliphatic heterocycles. The van der Waals surface area contributed by atoms with Crippen LogP contribution in [0.25, 0.3) is 0 Å². The maximum Gasteiger partial charge on any atom is 0.220 e. The molecular weight excluding hydrogens is 288 g/mol. The second-order valence-electron chi connectivity index (χ2n) is 6.53. The molecule has 1 saturated carbocycles. The molecule has 1 amide bonds. The summed E-state index contributed by atoms with van der Waals surface area (Å²) in [6.07, 6.45) is 4.54. The average Bonchev–Trinajstić information content (AvgIpc) is 2.44. The van der Waals surface area contributed by atoms with Gasteiger partial charge >= 0.3 is 0 Å². The summed E-state index contributed by atoms with van der Waals surface area (Å²) in [5.41, 5.74) is 0. The zero-order valence-corrected chi connectivity index (χ0v) is 14.4. The lowest BCUT2D eigenvalue weighted by Crippen LogP contribution is -2.66. The summed E-state index contributed by atoms with van der Waals surface area (Å²) < 4.78 is 27.3. The fraction of sp³-hybridized carbons (Fsp3) is 0.933. The van der Waals surface area contributed by atoms with Crippen LogP contribution in [0.3, 0.4) is 0 Å². The van der Waals surface area contributed by atoms with Crippen LogP contribution in [-0.2, 0) is 14.8 Å². The smallest absolute Gasteiger partial charge is 0.220 e. The zero-order valence-electron chi connectivity index (χ0n) is 13.6. The van der Waals surface area contributed by atoms with E-state index in [2.05, 4.69) is 0 Å². The third-order valence-electron chi connectivity index (χ3n) is 5.11. The lowest BCUT2D eigenvalue weighted by Gasteiger charge is -2.52. The molecule has 2 rings (SSSR count). The zero-order chi connectivity index (χ0) is 15.8. The normalized spacial score (nSPS) is 32.6. The van der Waals surface area contributed by atoms with Crippen LogP contribution in [0.5, 0.6) is 0 Å². The van der Waals surface area contributed by atoms with Gasteiger partial charge < -0.3 is 4.90 Å². The number of nitrogens with zero attached hydrogens (tertiary/aromatic N) is 2. The number of hydrogen-bond acceptors (Lipinski definition) is 3. The van der Waals surface area contributed by atoms with Gasteiger partial charge in [-0.1, -0.05) is 19.8 Å². The Morgan fingerprint density at radius 3 is 2.33 bits per heavy atom. The SMILES string of the molecule is CCC(C)S(=O)(=O)N1CC(C)N(C(C)=O)C2CCCCC21. The Balaban J connectivity index is 2.35. The number of amides is 1. The van der Waals surface area contributed by atoms with Crippen LogP contribution in [0.1, 0.15) is 59.8 Å². The fourth-order valence-corrected chi connectivity index (χ4v) is 5.77. The molecule has 122 valence electrons. The van der Waals surface area contributed by atoms with Crippen molar-refractivity contribution in [2.75, 3.05) is 6.54 Å². The topological polar surface area (TPSA) is 57.7 Å². The van der Waals surface area contributed by atoms with Crippen LogP contribution >= 0.6 is 0 Å². The Hall–Kier alpha value is -0.620. The molecule has 0 N–H and O–H groups in total. The fourth-order valence-electron chi connectivity index (χ4n) is 3.84. The van der Waals surface area contributed by atoms with Crippen LogP contribution in [0.15, 0.2) is 0 Å². The van der Waals surface area contributed by atoms with Crippen molar-refractivity contribution < 1.29 is 13.2 Å². The van der Waals surface area contributed by atoms with Gasteiger partial charge in [-0.3, -0.25) is 4.79 Å². The summed E-state index contributed by atoms with van der Waals surface area (Å²) in [5, 5.41) is -0.351. The standard InChI is InChI=1S/C15H28N2O3S/c1-5-12(3)21(19,20)16-10-11(2)17(13(4)18)15-9-7-6-8-14(15)16/h11-12,14-15H,5-10H2,1-4H3. The Morgan fingerprint density at radius 2 is 1.81 bits per heavy atom. The largest absolute Gasteiger partial charge is 0.334 e. The van der Waals surface area contributed by atoms with E-state index >= 15 is 0 Å². The molecule has 0 aromatic rings. The maximum atomic E-state index is 12.8. The first-order valence-electron chi connectivity index (χ1n) is 8.10. The van der Waals surface area contributed by atoms with Crippen LogP contribution in [0, 0.1) is 0 Å². The first-order valence-corrected chi connectivity index (χ1v) is 9.60. The molecule has 4 atom stereocenters. The van der Waals surface area contributed by atoms with E-state index in [1.54, 1.807) is 18.2 Å². The molecule has 0 aromatic carbocycles. The lowest BCUT2D eigenvalue weighted by molar-refractivity contribution is -0.139. The molecule has 1 aliphatic carbocycles. The molecule has 0 bridgehead atoms. The Kier molecular flexibility index (Phi) is 4.98. The molecule has 2 fully saturated rings. The number of piperazine rings is 1. The minimum absolute atomic E-state index is 0.0298. The van der Waals surface area contributed by atoms with E-state index in [-0.39, 0.29) is 29.3 Å². The van der Waals surface area contributed by atoms with E-state index in [1.807, 2.05) is 18.7 Å². The molecule has 1 saturated heterocycles. The third-order valence-corrected chi connectivity index (χ3v) is 7.54. The highest BCUT2D eigenvalue weighted by atomic mass is 32.2. The van der Waals surface area contributed by atoms with Crippen molar-refractivity contribution in [3.8, 4) is 0 Å². The molecular formula is C15H28N2O3S. The van der Waals surface area contributed by atoms with Crippen LogP contribution in [-0.4, -0.2) is 53.5 Å². The van der Waals surface area contributed by atoms with Gasteiger partial charge in [0.1, 0.15) is 0 Å². The maximum absolute atomic E-state index is 12.8. The van der Waals surface area contributed by atoms with Crippen LogP contribution in [0.4, 0.5) is 0 Å². The minimum Gasteiger partial charge on any atom is -0.334 e. The van der Waals surface area contributed by atoms with E-state index in [1.165, 1.54) is 0 Å². The summed E-state index contributed by atoms with van der Waals surface area (Å²) >= 11 is 0.